The molecular formula is C12H13ClFNO4S. The third-order valence-corrected chi connectivity index (χ3v) is 4.61. The van der Waals surface area contributed by atoms with Gasteiger partial charge in [0.1, 0.15) is 5.82 Å². The van der Waals surface area contributed by atoms with Gasteiger partial charge in [0.2, 0.25) is 10.0 Å². The van der Waals surface area contributed by atoms with Crippen molar-refractivity contribution in [3.8, 4) is 0 Å². The number of halogens is 2. The fraction of sp³-hybridized carbons (Fsp3) is 0.417. The molecule has 20 heavy (non-hydrogen) atoms. The van der Waals surface area contributed by atoms with Crippen molar-refractivity contribution < 1.29 is 22.3 Å². The predicted molar refractivity (Wildman–Crippen MR) is 70.7 cm³/mol. The van der Waals surface area contributed by atoms with Crippen LogP contribution in [0.2, 0.25) is 0 Å². The second-order valence-electron chi connectivity index (χ2n) is 4.40. The van der Waals surface area contributed by atoms with Crippen molar-refractivity contribution in [2.24, 2.45) is 0 Å². The van der Waals surface area contributed by atoms with Crippen LogP contribution in [0.5, 0.6) is 0 Å². The van der Waals surface area contributed by atoms with E-state index in [2.05, 4.69) is 4.72 Å². The number of rotatable bonds is 5. The van der Waals surface area contributed by atoms with Gasteiger partial charge < -0.3 is 4.74 Å². The Labute approximate surface area is 121 Å². The number of carbonyl (C=O) groups is 1. The fourth-order valence-corrected chi connectivity index (χ4v) is 3.15. The maximum atomic E-state index is 13.3. The first-order chi connectivity index (χ1) is 9.40. The number of hydrogen-bond donors (Lipinski definition) is 1. The average Bonchev–Trinajstić information content (AvgIpc) is 2.89. The number of sulfonamides is 1. The molecule has 0 aromatic heterocycles. The van der Waals surface area contributed by atoms with E-state index in [0.29, 0.717) is 6.61 Å². The summed E-state index contributed by atoms with van der Waals surface area (Å²) in [4.78, 5) is 10.8. The summed E-state index contributed by atoms with van der Waals surface area (Å²) >= 11 is 5.20. The van der Waals surface area contributed by atoms with Gasteiger partial charge in [-0.1, -0.05) is 0 Å². The highest BCUT2D eigenvalue weighted by Gasteiger charge is 2.22. The minimum Gasteiger partial charge on any atom is -0.377 e. The van der Waals surface area contributed by atoms with Gasteiger partial charge >= 0.3 is 0 Å². The molecule has 1 heterocycles. The molecule has 0 spiro atoms. The van der Waals surface area contributed by atoms with Gasteiger partial charge in [-0.15, -0.1) is 0 Å². The van der Waals surface area contributed by atoms with E-state index in [9.17, 15) is 17.6 Å². The van der Waals surface area contributed by atoms with Crippen LogP contribution in [0.15, 0.2) is 23.1 Å². The number of hydrogen-bond acceptors (Lipinski definition) is 4. The summed E-state index contributed by atoms with van der Waals surface area (Å²) in [6.45, 7) is 0.762. The molecule has 1 aliphatic heterocycles. The molecule has 1 aromatic carbocycles. The Bertz CT molecular complexity index is 614. The first-order valence-corrected chi connectivity index (χ1v) is 7.87. The third-order valence-electron chi connectivity index (χ3n) is 2.98. The lowest BCUT2D eigenvalue weighted by atomic mass is 10.2. The van der Waals surface area contributed by atoms with E-state index in [1.54, 1.807) is 0 Å². The van der Waals surface area contributed by atoms with E-state index >= 15 is 0 Å². The molecule has 1 aliphatic rings. The Morgan fingerprint density at radius 3 is 2.85 bits per heavy atom. The zero-order chi connectivity index (χ0) is 14.8. The molecule has 5 nitrogen and oxygen atoms in total. The van der Waals surface area contributed by atoms with Crippen LogP contribution in [-0.4, -0.2) is 32.9 Å². The Balaban J connectivity index is 2.16. The van der Waals surface area contributed by atoms with Crippen LogP contribution in [0.3, 0.4) is 0 Å². The van der Waals surface area contributed by atoms with Crippen LogP contribution in [0, 0.1) is 5.82 Å². The van der Waals surface area contributed by atoms with Crippen molar-refractivity contribution in [1.29, 1.82) is 0 Å². The number of benzene rings is 1. The lowest BCUT2D eigenvalue weighted by molar-refractivity contribution is 0.107. The summed E-state index contributed by atoms with van der Waals surface area (Å²) in [5.74, 6) is -0.858. The van der Waals surface area contributed by atoms with Gasteiger partial charge in [-0.05, 0) is 42.6 Å². The lowest BCUT2D eigenvalue weighted by Gasteiger charge is -2.11. The minimum atomic E-state index is -3.83. The summed E-state index contributed by atoms with van der Waals surface area (Å²) in [6, 6.07) is 2.90. The second-order valence-corrected chi connectivity index (χ2v) is 6.51. The molecule has 0 saturated carbocycles. The van der Waals surface area contributed by atoms with Crippen molar-refractivity contribution in [1.82, 2.24) is 4.72 Å². The summed E-state index contributed by atoms with van der Waals surface area (Å²) in [7, 11) is -3.83. The smallest absolute Gasteiger partial charge is 0.255 e. The van der Waals surface area contributed by atoms with E-state index in [0.717, 1.165) is 31.0 Å². The van der Waals surface area contributed by atoms with Gasteiger partial charge in [-0.25, -0.2) is 17.5 Å². The maximum absolute atomic E-state index is 13.3. The first kappa shape index (κ1) is 15.4. The second kappa shape index (κ2) is 6.17. The highest BCUT2D eigenvalue weighted by Crippen LogP contribution is 2.17. The van der Waals surface area contributed by atoms with Crippen molar-refractivity contribution in [2.45, 2.75) is 23.8 Å². The fourth-order valence-electron chi connectivity index (χ4n) is 1.91. The quantitative estimate of drug-likeness (QED) is 0.837. The zero-order valence-electron chi connectivity index (χ0n) is 10.4. The summed E-state index contributed by atoms with van der Waals surface area (Å²) in [5.41, 5.74) is -0.466. The summed E-state index contributed by atoms with van der Waals surface area (Å²) in [5, 5.41) is -1.04. The SMILES string of the molecule is O=C(Cl)c1cc(S(=O)(=O)NCC2CCCO2)ccc1F. The minimum absolute atomic E-state index is 0.143. The topological polar surface area (TPSA) is 72.5 Å². The van der Waals surface area contributed by atoms with E-state index in [1.807, 2.05) is 0 Å². The maximum Gasteiger partial charge on any atom is 0.255 e. The summed E-state index contributed by atoms with van der Waals surface area (Å²) < 4.78 is 45.0. The van der Waals surface area contributed by atoms with Crippen LogP contribution in [-0.2, 0) is 14.8 Å². The lowest BCUT2D eigenvalue weighted by Crippen LogP contribution is -2.31. The highest BCUT2D eigenvalue weighted by molar-refractivity contribution is 7.89. The zero-order valence-corrected chi connectivity index (χ0v) is 12.0. The monoisotopic (exact) mass is 321 g/mol. The molecule has 1 unspecified atom stereocenters. The van der Waals surface area contributed by atoms with E-state index in [1.165, 1.54) is 0 Å². The number of carbonyl (C=O) groups excluding carboxylic acids is 1. The van der Waals surface area contributed by atoms with E-state index in [-0.39, 0.29) is 17.5 Å². The molecule has 0 aliphatic carbocycles. The largest absolute Gasteiger partial charge is 0.377 e. The van der Waals surface area contributed by atoms with Gasteiger partial charge in [0, 0.05) is 13.2 Å². The molecule has 0 amide bonds. The molecule has 1 aromatic rings. The van der Waals surface area contributed by atoms with Gasteiger partial charge in [-0.3, -0.25) is 4.79 Å². The molecule has 1 N–H and O–H groups in total. The van der Waals surface area contributed by atoms with Crippen LogP contribution < -0.4 is 4.72 Å². The van der Waals surface area contributed by atoms with Gasteiger partial charge in [0.25, 0.3) is 5.24 Å². The molecule has 1 fully saturated rings. The van der Waals surface area contributed by atoms with E-state index in [4.69, 9.17) is 16.3 Å². The van der Waals surface area contributed by atoms with Crippen LogP contribution in [0.25, 0.3) is 0 Å². The van der Waals surface area contributed by atoms with E-state index < -0.39 is 26.6 Å². The molecule has 0 radical (unpaired) electrons. The van der Waals surface area contributed by atoms with Crippen LogP contribution in [0.4, 0.5) is 4.39 Å². The Kier molecular flexibility index (Phi) is 4.74. The van der Waals surface area contributed by atoms with Crippen LogP contribution in [0.1, 0.15) is 23.2 Å². The molecule has 1 atom stereocenters. The van der Waals surface area contributed by atoms with Crippen molar-refractivity contribution in [3.05, 3.63) is 29.6 Å². The molecule has 1 saturated heterocycles. The highest BCUT2D eigenvalue weighted by atomic mass is 35.5. The van der Waals surface area contributed by atoms with Crippen molar-refractivity contribution >= 4 is 26.9 Å². The van der Waals surface area contributed by atoms with Crippen LogP contribution >= 0.6 is 11.6 Å². The van der Waals surface area contributed by atoms with Gasteiger partial charge in [0.15, 0.2) is 0 Å². The average molecular weight is 322 g/mol. The molecule has 2 rings (SSSR count). The normalized spacial score (nSPS) is 19.2. The van der Waals surface area contributed by atoms with Gasteiger partial charge in [-0.2, -0.15) is 0 Å². The first-order valence-electron chi connectivity index (χ1n) is 6.01. The standard InChI is InChI=1S/C12H13ClFNO4S/c13-12(16)10-6-9(3-4-11(10)14)20(17,18)15-7-8-2-1-5-19-8/h3-4,6,8,15H,1-2,5,7H2. The number of nitrogens with one attached hydrogen (secondary N) is 1. The third kappa shape index (κ3) is 3.54. The Hall–Kier alpha value is -1.02. The summed E-state index contributed by atoms with van der Waals surface area (Å²) in [6.07, 6.45) is 1.53. The molecule has 8 heteroatoms. The molecule has 110 valence electrons. The van der Waals surface area contributed by atoms with Crippen molar-refractivity contribution in [2.75, 3.05) is 13.2 Å². The Morgan fingerprint density at radius 1 is 1.50 bits per heavy atom. The number of ether oxygens (including phenoxy) is 1. The Morgan fingerprint density at radius 2 is 2.25 bits per heavy atom. The molecule has 0 bridgehead atoms. The molecular weight excluding hydrogens is 309 g/mol. The van der Waals surface area contributed by atoms with Gasteiger partial charge in [0.05, 0.1) is 16.6 Å². The predicted octanol–water partition coefficient (Wildman–Crippen LogP) is 1.66. The van der Waals surface area contributed by atoms with Crippen molar-refractivity contribution in [3.63, 3.8) is 0 Å².